The van der Waals surface area contributed by atoms with Crippen molar-refractivity contribution in [3.63, 3.8) is 0 Å². The first-order valence-electron chi connectivity index (χ1n) is 11.2. The highest BCUT2D eigenvalue weighted by Gasteiger charge is 2.21. The number of aromatic nitrogens is 1. The van der Waals surface area contributed by atoms with Crippen LogP contribution in [-0.4, -0.2) is 61.9 Å². The molecule has 0 spiro atoms. The highest BCUT2D eigenvalue weighted by molar-refractivity contribution is 5.80. The highest BCUT2D eigenvalue weighted by atomic mass is 19.1. The maximum Gasteiger partial charge on any atom is 0.219 e. The predicted octanol–water partition coefficient (Wildman–Crippen LogP) is 4.00. The summed E-state index contributed by atoms with van der Waals surface area (Å²) in [7, 11) is 1.71. The summed E-state index contributed by atoms with van der Waals surface area (Å²) in [5.41, 5.74) is 0.989. The van der Waals surface area contributed by atoms with E-state index < -0.39 is 0 Å². The minimum absolute atomic E-state index is 0.297. The van der Waals surface area contributed by atoms with E-state index in [1.807, 2.05) is 6.07 Å². The molecule has 1 aliphatic heterocycles. The number of pyridine rings is 1. The zero-order chi connectivity index (χ0) is 22.6. The molecule has 0 saturated carbocycles. The van der Waals surface area contributed by atoms with Crippen molar-refractivity contribution in [1.82, 2.24) is 15.2 Å². The van der Waals surface area contributed by atoms with E-state index in [4.69, 9.17) is 19.2 Å². The first-order chi connectivity index (χ1) is 15.7. The smallest absolute Gasteiger partial charge is 0.219 e. The number of methoxy groups -OCH3 is 1. The summed E-state index contributed by atoms with van der Waals surface area (Å²) in [5, 5.41) is 3.39. The van der Waals surface area contributed by atoms with E-state index in [1.54, 1.807) is 31.5 Å². The fraction of sp³-hybridized carbons (Fsp3) is 0.500. The normalized spacial score (nSPS) is 15.1. The molecule has 0 radical (unpaired) electrons. The summed E-state index contributed by atoms with van der Waals surface area (Å²) in [4.78, 5) is 11.4. The second kappa shape index (κ2) is 13.0. The molecule has 3 rings (SSSR count). The number of aliphatic imine (C=N–C) groups is 1. The number of nitrogens with one attached hydrogen (secondary N) is 1. The molecular weight excluding hydrogens is 411 g/mol. The third-order valence-electron chi connectivity index (χ3n) is 5.17. The molecule has 174 valence electrons. The van der Waals surface area contributed by atoms with Crippen LogP contribution in [0.3, 0.4) is 0 Å². The number of benzene rings is 1. The van der Waals surface area contributed by atoms with Crippen LogP contribution >= 0.6 is 0 Å². The highest BCUT2D eigenvalue weighted by Crippen LogP contribution is 2.20. The molecule has 0 atom stereocenters. The Kier molecular flexibility index (Phi) is 9.71. The van der Waals surface area contributed by atoms with Crippen LogP contribution in [0.4, 0.5) is 4.39 Å². The van der Waals surface area contributed by atoms with Gasteiger partial charge in [0.1, 0.15) is 11.6 Å². The largest absolute Gasteiger partial charge is 0.439 e. The van der Waals surface area contributed by atoms with E-state index in [-0.39, 0.29) is 5.82 Å². The van der Waals surface area contributed by atoms with Crippen LogP contribution in [0.2, 0.25) is 0 Å². The Labute approximate surface area is 189 Å². The number of nitrogens with zero attached hydrogens (tertiary/aromatic N) is 3. The molecule has 2 heterocycles. The van der Waals surface area contributed by atoms with E-state index in [9.17, 15) is 4.39 Å². The molecule has 0 aliphatic carbocycles. The van der Waals surface area contributed by atoms with E-state index in [2.05, 4.69) is 22.1 Å². The maximum atomic E-state index is 13.0. The summed E-state index contributed by atoms with van der Waals surface area (Å²) in [6, 6.07) is 9.61. The van der Waals surface area contributed by atoms with Gasteiger partial charge in [0.2, 0.25) is 5.88 Å². The van der Waals surface area contributed by atoms with Gasteiger partial charge < -0.3 is 24.4 Å². The summed E-state index contributed by atoms with van der Waals surface area (Å²) in [5.74, 6) is 1.62. The van der Waals surface area contributed by atoms with Gasteiger partial charge in [-0.05, 0) is 56.0 Å². The van der Waals surface area contributed by atoms with Crippen LogP contribution in [-0.2, 0) is 16.0 Å². The van der Waals surface area contributed by atoms with Crippen LogP contribution in [0, 0.1) is 5.82 Å². The van der Waals surface area contributed by atoms with Gasteiger partial charge in [-0.15, -0.1) is 0 Å². The van der Waals surface area contributed by atoms with E-state index in [1.165, 1.54) is 12.1 Å². The molecule has 1 aromatic heterocycles. The molecule has 1 fully saturated rings. The maximum absolute atomic E-state index is 13.0. The van der Waals surface area contributed by atoms with Crippen LogP contribution in [0.25, 0.3) is 0 Å². The monoisotopic (exact) mass is 444 g/mol. The summed E-state index contributed by atoms with van der Waals surface area (Å²) < 4.78 is 29.7. The molecule has 1 aliphatic rings. The first-order valence-corrected chi connectivity index (χ1v) is 11.2. The van der Waals surface area contributed by atoms with E-state index >= 15 is 0 Å². The number of likely N-dealkylation sites (tertiary alicyclic amines) is 1. The van der Waals surface area contributed by atoms with Crippen LogP contribution in [0.5, 0.6) is 11.6 Å². The molecule has 1 N–H and O–H groups in total. The van der Waals surface area contributed by atoms with Crippen molar-refractivity contribution in [2.45, 2.75) is 38.8 Å². The Morgan fingerprint density at radius 2 is 1.94 bits per heavy atom. The van der Waals surface area contributed by atoms with Crippen molar-refractivity contribution in [3.05, 3.63) is 54.0 Å². The van der Waals surface area contributed by atoms with Gasteiger partial charge in [-0.25, -0.2) is 14.4 Å². The summed E-state index contributed by atoms with van der Waals surface area (Å²) >= 11 is 0. The molecule has 0 unspecified atom stereocenters. The SMILES string of the molecule is CCNC(=NCc1ccc(Oc2ccc(F)cc2)nc1)N1CCC(OCCCOC)CC1. The number of piperidine rings is 1. The van der Waals surface area contributed by atoms with Gasteiger partial charge in [0.15, 0.2) is 5.96 Å². The number of hydrogen-bond acceptors (Lipinski definition) is 5. The quantitative estimate of drug-likeness (QED) is 0.339. The summed E-state index contributed by atoms with van der Waals surface area (Å²) in [6.45, 7) is 6.75. The summed E-state index contributed by atoms with van der Waals surface area (Å²) in [6.07, 6.45) is 4.99. The predicted molar refractivity (Wildman–Crippen MR) is 123 cm³/mol. The van der Waals surface area contributed by atoms with Gasteiger partial charge in [-0.2, -0.15) is 0 Å². The average Bonchev–Trinajstić information content (AvgIpc) is 2.82. The van der Waals surface area contributed by atoms with Crippen molar-refractivity contribution < 1.29 is 18.6 Å². The third-order valence-corrected chi connectivity index (χ3v) is 5.17. The molecule has 1 saturated heterocycles. The molecule has 32 heavy (non-hydrogen) atoms. The lowest BCUT2D eigenvalue weighted by Gasteiger charge is -2.34. The lowest BCUT2D eigenvalue weighted by atomic mass is 10.1. The topological polar surface area (TPSA) is 68.2 Å². The fourth-order valence-electron chi connectivity index (χ4n) is 3.47. The van der Waals surface area contributed by atoms with Crippen LogP contribution in [0.15, 0.2) is 47.6 Å². The third kappa shape index (κ3) is 7.76. The lowest BCUT2D eigenvalue weighted by molar-refractivity contribution is 0.00990. The van der Waals surface area contributed by atoms with E-state index in [0.29, 0.717) is 24.3 Å². The molecule has 8 heteroatoms. The van der Waals surface area contributed by atoms with Crippen LogP contribution < -0.4 is 10.1 Å². The van der Waals surface area contributed by atoms with Gasteiger partial charge >= 0.3 is 0 Å². The first kappa shape index (κ1) is 23.9. The molecule has 0 bridgehead atoms. The van der Waals surface area contributed by atoms with Crippen molar-refractivity contribution in [2.75, 3.05) is 40.0 Å². The van der Waals surface area contributed by atoms with Gasteiger partial charge in [0.05, 0.1) is 12.6 Å². The molecular formula is C24H33FN4O3. The zero-order valence-electron chi connectivity index (χ0n) is 18.9. The Morgan fingerprint density at radius 3 is 2.59 bits per heavy atom. The fourth-order valence-corrected chi connectivity index (χ4v) is 3.47. The number of guanidine groups is 1. The van der Waals surface area contributed by atoms with Crippen LogP contribution in [0.1, 0.15) is 31.7 Å². The average molecular weight is 445 g/mol. The number of rotatable bonds is 10. The second-order valence-electron chi connectivity index (χ2n) is 7.63. The molecule has 1 aromatic carbocycles. The standard InChI is InChI=1S/C24H33FN4O3/c1-3-26-24(29-13-11-21(12-14-29)31-16-4-15-30-2)28-18-19-5-10-23(27-17-19)32-22-8-6-20(25)7-9-22/h5-10,17,21H,3-4,11-16,18H2,1-2H3,(H,26,28). The van der Waals surface area contributed by atoms with Gasteiger partial charge in [-0.1, -0.05) is 6.07 Å². The minimum Gasteiger partial charge on any atom is -0.439 e. The van der Waals surface area contributed by atoms with Gasteiger partial charge in [-0.3, -0.25) is 0 Å². The number of halogens is 1. The molecule has 2 aromatic rings. The van der Waals surface area contributed by atoms with Crippen molar-refractivity contribution in [1.29, 1.82) is 0 Å². The number of hydrogen-bond donors (Lipinski definition) is 1. The van der Waals surface area contributed by atoms with Gasteiger partial charge in [0.25, 0.3) is 0 Å². The Morgan fingerprint density at radius 1 is 1.16 bits per heavy atom. The van der Waals surface area contributed by atoms with Crippen molar-refractivity contribution in [2.24, 2.45) is 4.99 Å². The zero-order valence-corrected chi connectivity index (χ0v) is 18.9. The van der Waals surface area contributed by atoms with Crippen molar-refractivity contribution in [3.8, 4) is 11.6 Å². The molecule has 0 amide bonds. The minimum atomic E-state index is -0.297. The second-order valence-corrected chi connectivity index (χ2v) is 7.63. The Bertz CT molecular complexity index is 822. The van der Waals surface area contributed by atoms with E-state index in [0.717, 1.165) is 63.6 Å². The lowest BCUT2D eigenvalue weighted by Crippen LogP contribution is -2.47. The van der Waals surface area contributed by atoms with Crippen molar-refractivity contribution >= 4 is 5.96 Å². The Hall–Kier alpha value is -2.71. The number of ether oxygens (including phenoxy) is 3. The molecule has 7 nitrogen and oxygen atoms in total. The van der Waals surface area contributed by atoms with Gasteiger partial charge in [0, 0.05) is 52.2 Å². The Balaban J connectivity index is 1.49.